The summed E-state index contributed by atoms with van der Waals surface area (Å²) in [5.74, 6) is 0. The molecule has 0 aliphatic heterocycles. The quantitative estimate of drug-likeness (QED) is 0.148. The Morgan fingerprint density at radius 1 is 0.333 bits per heavy atom. The first-order valence-corrected chi connectivity index (χ1v) is 24.0. The molecule has 0 bridgehead atoms. The monoisotopic (exact) mass is 880 g/mol. The molecule has 0 saturated heterocycles. The SMILES string of the molecule is CC1(C)c2ccccc2-c2ccc(-c3ccc(N(c4ccccc4-c4ccc5c6ccccc6n(-c6ccccc6)c5c4)c4ccccc4-c4cccc5cccc(-c6ccccc6)c45)cc3)cc21. The Hall–Kier alpha value is -8.72. The Labute approximate surface area is 403 Å². The zero-order chi connectivity index (χ0) is 46.1. The molecule has 0 radical (unpaired) electrons. The van der Waals surface area contributed by atoms with Gasteiger partial charge in [0.2, 0.25) is 0 Å². The van der Waals surface area contributed by atoms with E-state index in [1.54, 1.807) is 0 Å². The lowest BCUT2D eigenvalue weighted by Crippen LogP contribution is -2.14. The average molecular weight is 881 g/mol. The van der Waals surface area contributed by atoms with E-state index in [0.717, 1.165) is 39.4 Å². The summed E-state index contributed by atoms with van der Waals surface area (Å²) in [6.07, 6.45) is 0. The van der Waals surface area contributed by atoms with Gasteiger partial charge in [-0.05, 0) is 121 Å². The largest absolute Gasteiger partial charge is 0.309 e. The summed E-state index contributed by atoms with van der Waals surface area (Å²) in [6.45, 7) is 4.71. The zero-order valence-electron chi connectivity index (χ0n) is 38.6. The van der Waals surface area contributed by atoms with E-state index < -0.39 is 0 Å². The minimum Gasteiger partial charge on any atom is -0.309 e. The number of para-hydroxylation sites is 4. The molecular weight excluding hydrogens is 833 g/mol. The molecule has 0 amide bonds. The third-order valence-corrected chi connectivity index (χ3v) is 14.6. The molecular formula is C67H48N2. The highest BCUT2D eigenvalue weighted by Gasteiger charge is 2.35. The highest BCUT2D eigenvalue weighted by atomic mass is 15.1. The van der Waals surface area contributed by atoms with Crippen LogP contribution in [0.5, 0.6) is 0 Å². The van der Waals surface area contributed by atoms with Gasteiger partial charge in [0, 0.05) is 38.7 Å². The Morgan fingerprint density at radius 2 is 0.899 bits per heavy atom. The van der Waals surface area contributed by atoms with Crippen molar-refractivity contribution in [3.63, 3.8) is 0 Å². The maximum absolute atomic E-state index is 2.48. The Balaban J connectivity index is 1.01. The minimum atomic E-state index is -0.0768. The van der Waals surface area contributed by atoms with Gasteiger partial charge in [-0.3, -0.25) is 0 Å². The van der Waals surface area contributed by atoms with Crippen LogP contribution < -0.4 is 4.90 Å². The molecule has 1 aliphatic carbocycles. The van der Waals surface area contributed by atoms with Crippen LogP contribution in [0, 0.1) is 0 Å². The van der Waals surface area contributed by atoms with Crippen molar-refractivity contribution in [3.05, 3.63) is 266 Å². The van der Waals surface area contributed by atoms with Crippen LogP contribution in [0.2, 0.25) is 0 Å². The predicted molar refractivity (Wildman–Crippen MR) is 292 cm³/mol. The normalized spacial score (nSPS) is 12.6. The van der Waals surface area contributed by atoms with Crippen molar-refractivity contribution in [2.45, 2.75) is 19.3 Å². The van der Waals surface area contributed by atoms with Gasteiger partial charge in [0.15, 0.2) is 0 Å². The molecule has 0 unspecified atom stereocenters. The summed E-state index contributed by atoms with van der Waals surface area (Å²) in [5, 5.41) is 4.93. The molecule has 12 aromatic rings. The molecule has 0 saturated carbocycles. The van der Waals surface area contributed by atoms with E-state index in [-0.39, 0.29) is 5.41 Å². The van der Waals surface area contributed by atoms with Crippen molar-refractivity contribution in [2.24, 2.45) is 0 Å². The molecule has 0 spiro atoms. The van der Waals surface area contributed by atoms with Crippen molar-refractivity contribution < 1.29 is 0 Å². The van der Waals surface area contributed by atoms with E-state index in [0.29, 0.717) is 0 Å². The van der Waals surface area contributed by atoms with Gasteiger partial charge < -0.3 is 9.47 Å². The van der Waals surface area contributed by atoms with Crippen LogP contribution in [-0.4, -0.2) is 4.57 Å². The maximum Gasteiger partial charge on any atom is 0.0547 e. The summed E-state index contributed by atoms with van der Waals surface area (Å²) >= 11 is 0. The van der Waals surface area contributed by atoms with Crippen LogP contribution in [-0.2, 0) is 5.41 Å². The van der Waals surface area contributed by atoms with Crippen LogP contribution >= 0.6 is 0 Å². The van der Waals surface area contributed by atoms with Gasteiger partial charge in [-0.2, -0.15) is 0 Å². The van der Waals surface area contributed by atoms with Crippen molar-refractivity contribution in [3.8, 4) is 61.3 Å². The second-order valence-electron chi connectivity index (χ2n) is 18.8. The predicted octanol–water partition coefficient (Wildman–Crippen LogP) is 18.4. The van der Waals surface area contributed by atoms with Crippen molar-refractivity contribution >= 4 is 49.6 Å². The molecule has 11 aromatic carbocycles. The van der Waals surface area contributed by atoms with E-state index in [2.05, 4.69) is 278 Å². The topological polar surface area (TPSA) is 8.17 Å². The fraction of sp³-hybridized carbons (Fsp3) is 0.0448. The lowest BCUT2D eigenvalue weighted by Gasteiger charge is -2.30. The van der Waals surface area contributed by atoms with Gasteiger partial charge >= 0.3 is 0 Å². The Kier molecular flexibility index (Phi) is 9.55. The second-order valence-corrected chi connectivity index (χ2v) is 18.8. The van der Waals surface area contributed by atoms with Gasteiger partial charge in [-0.15, -0.1) is 0 Å². The fourth-order valence-electron chi connectivity index (χ4n) is 11.3. The van der Waals surface area contributed by atoms with Crippen LogP contribution in [0.1, 0.15) is 25.0 Å². The van der Waals surface area contributed by atoms with E-state index in [1.165, 1.54) is 82.6 Å². The van der Waals surface area contributed by atoms with Gasteiger partial charge in [-0.1, -0.05) is 214 Å². The molecule has 69 heavy (non-hydrogen) atoms. The van der Waals surface area contributed by atoms with E-state index >= 15 is 0 Å². The fourth-order valence-corrected chi connectivity index (χ4v) is 11.3. The smallest absolute Gasteiger partial charge is 0.0547 e. The number of anilines is 3. The first kappa shape index (κ1) is 40.5. The highest BCUT2D eigenvalue weighted by molar-refractivity contribution is 6.12. The third kappa shape index (κ3) is 6.63. The molecule has 0 N–H and O–H groups in total. The summed E-state index contributed by atoms with van der Waals surface area (Å²) in [5.41, 5.74) is 21.6. The molecule has 0 atom stereocenters. The number of hydrogen-bond acceptors (Lipinski definition) is 1. The molecule has 2 nitrogen and oxygen atoms in total. The number of nitrogens with zero attached hydrogens (tertiary/aromatic N) is 2. The Bertz CT molecular complexity index is 3910. The van der Waals surface area contributed by atoms with Crippen LogP contribution in [0.25, 0.3) is 93.9 Å². The van der Waals surface area contributed by atoms with Crippen LogP contribution in [0.15, 0.2) is 255 Å². The maximum atomic E-state index is 2.48. The number of rotatable bonds is 8. The first-order valence-electron chi connectivity index (χ1n) is 24.0. The molecule has 0 fully saturated rings. The Morgan fingerprint density at radius 3 is 1.68 bits per heavy atom. The number of hydrogen-bond donors (Lipinski definition) is 0. The lowest BCUT2D eigenvalue weighted by atomic mass is 9.81. The van der Waals surface area contributed by atoms with E-state index in [4.69, 9.17) is 0 Å². The number of fused-ring (bicyclic) bond motifs is 7. The highest BCUT2D eigenvalue weighted by Crippen LogP contribution is 2.51. The van der Waals surface area contributed by atoms with E-state index in [9.17, 15) is 0 Å². The second kappa shape index (κ2) is 16.3. The number of benzene rings is 11. The van der Waals surface area contributed by atoms with Crippen molar-refractivity contribution in [2.75, 3.05) is 4.90 Å². The van der Waals surface area contributed by atoms with E-state index in [1.807, 2.05) is 0 Å². The van der Waals surface area contributed by atoms with Crippen molar-refractivity contribution in [1.82, 2.24) is 4.57 Å². The molecule has 1 aromatic heterocycles. The van der Waals surface area contributed by atoms with Crippen molar-refractivity contribution in [1.29, 1.82) is 0 Å². The standard InChI is InChI=1S/C67H48N2/c1-67(2)60-31-13-9-26-54(60)55-41-37-48(43-61(55)67)45-35-39-51(40-36-45)68(64-34-16-12-28-57(64)59-30-18-22-47-21-17-29-53(66(47)59)46-19-5-3-6-20-46)62-32-14-10-25-52(62)49-38-42-58-56-27-11-15-33-63(56)69(65(58)44-49)50-23-7-4-8-24-50/h3-44H,1-2H3. The van der Waals surface area contributed by atoms with Crippen LogP contribution in [0.4, 0.5) is 17.1 Å². The molecule has 2 heteroatoms. The first-order chi connectivity index (χ1) is 34.0. The minimum absolute atomic E-state index is 0.0768. The lowest BCUT2D eigenvalue weighted by molar-refractivity contribution is 0.660. The molecule has 1 aliphatic rings. The summed E-state index contributed by atoms with van der Waals surface area (Å²) in [7, 11) is 0. The molecule has 1 heterocycles. The summed E-state index contributed by atoms with van der Waals surface area (Å²) < 4.78 is 2.41. The zero-order valence-corrected chi connectivity index (χ0v) is 38.6. The average Bonchev–Trinajstić information content (AvgIpc) is 3.86. The molecule has 13 rings (SSSR count). The van der Waals surface area contributed by atoms with Gasteiger partial charge in [-0.25, -0.2) is 0 Å². The molecule has 326 valence electrons. The number of aromatic nitrogens is 1. The van der Waals surface area contributed by atoms with Gasteiger partial charge in [0.1, 0.15) is 0 Å². The van der Waals surface area contributed by atoms with Crippen LogP contribution in [0.3, 0.4) is 0 Å². The van der Waals surface area contributed by atoms with Gasteiger partial charge in [0.05, 0.1) is 22.4 Å². The summed E-state index contributed by atoms with van der Waals surface area (Å²) in [4.78, 5) is 2.48. The van der Waals surface area contributed by atoms with Gasteiger partial charge in [0.25, 0.3) is 0 Å². The third-order valence-electron chi connectivity index (χ3n) is 14.6. The summed E-state index contributed by atoms with van der Waals surface area (Å²) in [6, 6.07) is 93.7.